The summed E-state index contributed by atoms with van der Waals surface area (Å²) in [6.45, 7) is 6.43. The molecule has 0 aromatic carbocycles. The zero-order chi connectivity index (χ0) is 14.3. The van der Waals surface area contributed by atoms with Gasteiger partial charge in [0.25, 0.3) is 0 Å². The highest BCUT2D eigenvalue weighted by Crippen LogP contribution is 2.01. The first-order chi connectivity index (χ1) is 9.06. The number of methoxy groups -OCH3 is 1. The van der Waals surface area contributed by atoms with Crippen LogP contribution in [0.25, 0.3) is 0 Å². The molecule has 0 radical (unpaired) electrons. The number of hydrogen-bond donors (Lipinski definition) is 1. The second-order valence-electron chi connectivity index (χ2n) is 4.45. The summed E-state index contributed by atoms with van der Waals surface area (Å²) >= 11 is 0. The van der Waals surface area contributed by atoms with Crippen LogP contribution in [0.5, 0.6) is 0 Å². The maximum Gasteiger partial charge on any atom is 0.333 e. The molecule has 6 nitrogen and oxygen atoms in total. The molecule has 1 atom stereocenters. The van der Waals surface area contributed by atoms with Crippen LogP contribution in [-0.2, 0) is 19.1 Å². The Bertz CT molecular complexity index is 349. The van der Waals surface area contributed by atoms with Gasteiger partial charge >= 0.3 is 5.97 Å². The Balaban J connectivity index is 2.36. The van der Waals surface area contributed by atoms with Crippen LogP contribution in [-0.4, -0.2) is 62.8 Å². The largest absolute Gasteiger partial charge is 0.466 e. The van der Waals surface area contributed by atoms with E-state index in [1.165, 1.54) is 7.11 Å². The van der Waals surface area contributed by atoms with Gasteiger partial charge in [-0.1, -0.05) is 6.08 Å². The van der Waals surface area contributed by atoms with Crippen LogP contribution in [0.1, 0.15) is 13.8 Å². The Hall–Kier alpha value is -1.40. The van der Waals surface area contributed by atoms with Crippen LogP contribution < -0.4 is 5.32 Å². The van der Waals surface area contributed by atoms with Gasteiger partial charge in [0, 0.05) is 25.2 Å². The number of ether oxygens (including phenoxy) is 2. The minimum absolute atomic E-state index is 0.0624. The van der Waals surface area contributed by atoms with Crippen molar-refractivity contribution in [2.24, 2.45) is 0 Å². The van der Waals surface area contributed by atoms with Crippen LogP contribution >= 0.6 is 0 Å². The fourth-order valence-corrected chi connectivity index (χ4v) is 1.78. The molecule has 1 aliphatic rings. The van der Waals surface area contributed by atoms with E-state index in [-0.39, 0.29) is 17.9 Å². The number of carbonyl (C=O) groups excluding carboxylic acids is 2. The Morgan fingerprint density at radius 2 is 2.05 bits per heavy atom. The van der Waals surface area contributed by atoms with E-state index >= 15 is 0 Å². The minimum atomic E-state index is -0.353. The predicted molar refractivity (Wildman–Crippen MR) is 70.6 cm³/mol. The Morgan fingerprint density at radius 3 is 2.63 bits per heavy atom. The van der Waals surface area contributed by atoms with E-state index < -0.39 is 0 Å². The topological polar surface area (TPSA) is 67.9 Å². The molecule has 0 aromatic rings. The van der Waals surface area contributed by atoms with Gasteiger partial charge in [-0.25, -0.2) is 4.79 Å². The third-order valence-corrected chi connectivity index (χ3v) is 3.03. The highest BCUT2D eigenvalue weighted by molar-refractivity contribution is 5.87. The van der Waals surface area contributed by atoms with E-state index in [1.54, 1.807) is 17.9 Å². The minimum Gasteiger partial charge on any atom is -0.466 e. The van der Waals surface area contributed by atoms with Crippen molar-refractivity contribution in [3.63, 3.8) is 0 Å². The Morgan fingerprint density at radius 1 is 1.42 bits per heavy atom. The summed E-state index contributed by atoms with van der Waals surface area (Å²) in [7, 11) is 1.34. The molecular weight excluding hydrogens is 248 g/mol. The maximum absolute atomic E-state index is 12.1. The van der Waals surface area contributed by atoms with Gasteiger partial charge in [-0.2, -0.15) is 0 Å². The van der Waals surface area contributed by atoms with Crippen molar-refractivity contribution in [1.29, 1.82) is 0 Å². The van der Waals surface area contributed by atoms with E-state index in [2.05, 4.69) is 10.1 Å². The van der Waals surface area contributed by atoms with Crippen molar-refractivity contribution in [2.75, 3.05) is 40.0 Å². The molecule has 0 spiro atoms. The Labute approximate surface area is 113 Å². The van der Waals surface area contributed by atoms with Crippen LogP contribution in [0.2, 0.25) is 0 Å². The quantitative estimate of drug-likeness (QED) is 0.560. The maximum atomic E-state index is 12.1. The normalized spacial score (nSPS) is 18.1. The van der Waals surface area contributed by atoms with E-state index in [1.807, 2.05) is 6.92 Å². The third kappa shape index (κ3) is 5.00. The Kier molecular flexibility index (Phi) is 6.52. The lowest BCUT2D eigenvalue weighted by atomic mass is 10.2. The second-order valence-corrected chi connectivity index (χ2v) is 4.45. The highest BCUT2D eigenvalue weighted by atomic mass is 16.5. The lowest BCUT2D eigenvalue weighted by Crippen LogP contribution is -2.49. The molecule has 1 fully saturated rings. The molecule has 1 unspecified atom stereocenters. The molecule has 0 aliphatic carbocycles. The predicted octanol–water partition coefficient (Wildman–Crippen LogP) is -0.0574. The fourth-order valence-electron chi connectivity index (χ4n) is 1.78. The molecule has 19 heavy (non-hydrogen) atoms. The average molecular weight is 270 g/mol. The summed E-state index contributed by atoms with van der Waals surface area (Å²) in [5, 5.41) is 3.07. The standard InChI is InChI=1S/C13H22N2O4/c1-10(13(17)18-3)4-5-14-11(2)12(16)15-6-8-19-9-7-15/h4,11,14H,5-9H2,1-3H3. The molecule has 1 heterocycles. The molecule has 0 bridgehead atoms. The number of esters is 1. The first-order valence-electron chi connectivity index (χ1n) is 6.41. The number of hydrogen-bond acceptors (Lipinski definition) is 5. The van der Waals surface area contributed by atoms with Gasteiger partial charge in [0.1, 0.15) is 0 Å². The highest BCUT2D eigenvalue weighted by Gasteiger charge is 2.21. The zero-order valence-corrected chi connectivity index (χ0v) is 11.8. The molecule has 108 valence electrons. The van der Waals surface area contributed by atoms with Crippen molar-refractivity contribution >= 4 is 11.9 Å². The van der Waals surface area contributed by atoms with Gasteiger partial charge in [-0.05, 0) is 13.8 Å². The van der Waals surface area contributed by atoms with Crippen molar-refractivity contribution in [2.45, 2.75) is 19.9 Å². The van der Waals surface area contributed by atoms with E-state index in [9.17, 15) is 9.59 Å². The third-order valence-electron chi connectivity index (χ3n) is 3.03. The van der Waals surface area contributed by atoms with Gasteiger partial charge in [0.2, 0.25) is 5.91 Å². The SMILES string of the molecule is COC(=O)C(C)=CCNC(C)C(=O)N1CCOCC1. The van der Waals surface area contributed by atoms with Crippen molar-refractivity contribution < 1.29 is 19.1 Å². The van der Waals surface area contributed by atoms with Crippen molar-refractivity contribution in [1.82, 2.24) is 10.2 Å². The van der Waals surface area contributed by atoms with E-state index in [4.69, 9.17) is 4.74 Å². The molecule has 1 N–H and O–H groups in total. The number of amides is 1. The molecule has 0 aromatic heterocycles. The van der Waals surface area contributed by atoms with Crippen LogP contribution in [0, 0.1) is 0 Å². The van der Waals surface area contributed by atoms with Gasteiger partial charge in [0.05, 0.1) is 26.4 Å². The molecule has 6 heteroatoms. The zero-order valence-electron chi connectivity index (χ0n) is 11.8. The lowest BCUT2D eigenvalue weighted by Gasteiger charge is -2.29. The van der Waals surface area contributed by atoms with E-state index in [0.717, 1.165) is 0 Å². The van der Waals surface area contributed by atoms with Crippen molar-refractivity contribution in [3.05, 3.63) is 11.6 Å². The van der Waals surface area contributed by atoms with Gasteiger partial charge < -0.3 is 19.7 Å². The molecular formula is C13H22N2O4. The first kappa shape index (κ1) is 15.7. The number of nitrogens with one attached hydrogen (secondary N) is 1. The van der Waals surface area contributed by atoms with Crippen LogP contribution in [0.3, 0.4) is 0 Å². The molecule has 1 saturated heterocycles. The molecule has 0 saturated carbocycles. The second kappa shape index (κ2) is 7.91. The summed E-state index contributed by atoms with van der Waals surface area (Å²) in [6.07, 6.45) is 1.72. The average Bonchev–Trinajstić information content (AvgIpc) is 2.46. The van der Waals surface area contributed by atoms with Gasteiger partial charge in [-0.15, -0.1) is 0 Å². The lowest BCUT2D eigenvalue weighted by molar-refractivity contribution is -0.137. The van der Waals surface area contributed by atoms with Gasteiger partial charge in [-0.3, -0.25) is 4.79 Å². The van der Waals surface area contributed by atoms with Crippen molar-refractivity contribution in [3.8, 4) is 0 Å². The van der Waals surface area contributed by atoms with Gasteiger partial charge in [0.15, 0.2) is 0 Å². The van der Waals surface area contributed by atoms with Crippen LogP contribution in [0.15, 0.2) is 11.6 Å². The number of carbonyl (C=O) groups is 2. The smallest absolute Gasteiger partial charge is 0.333 e. The fraction of sp³-hybridized carbons (Fsp3) is 0.692. The molecule has 1 amide bonds. The number of nitrogens with zero attached hydrogens (tertiary/aromatic N) is 1. The number of morpholine rings is 1. The summed E-state index contributed by atoms with van der Waals surface area (Å²) in [5.41, 5.74) is 0.529. The van der Waals surface area contributed by atoms with E-state index in [0.29, 0.717) is 38.4 Å². The van der Waals surface area contributed by atoms with Crippen LogP contribution in [0.4, 0.5) is 0 Å². The summed E-state index contributed by atoms with van der Waals surface area (Å²) in [4.78, 5) is 25.0. The summed E-state index contributed by atoms with van der Waals surface area (Å²) in [5.74, 6) is -0.290. The summed E-state index contributed by atoms with van der Waals surface area (Å²) < 4.78 is 9.79. The monoisotopic (exact) mass is 270 g/mol. The molecule has 1 rings (SSSR count). The molecule has 1 aliphatic heterocycles. The first-order valence-corrected chi connectivity index (χ1v) is 6.41. The number of rotatable bonds is 5. The summed E-state index contributed by atoms with van der Waals surface area (Å²) in [6, 6.07) is -0.278.